The summed E-state index contributed by atoms with van der Waals surface area (Å²) < 4.78 is 0. The van der Waals surface area contributed by atoms with Gasteiger partial charge in [-0.15, -0.1) is 0 Å². The molecular formula is C2H6AuBr3O. The van der Waals surface area contributed by atoms with Crippen LogP contribution in [0.1, 0.15) is 6.92 Å². The van der Waals surface area contributed by atoms with Crippen molar-refractivity contribution < 1.29 is 17.1 Å². The number of halogens is 3. The third kappa shape index (κ3) is 67.0. The zero-order valence-electron chi connectivity index (χ0n) is 3.59. The van der Waals surface area contributed by atoms with Gasteiger partial charge < -0.3 is 5.11 Å². The molecule has 0 aromatic heterocycles. The van der Waals surface area contributed by atoms with E-state index in [1.54, 1.807) is 6.92 Å². The minimum absolute atomic E-state index is 0.250. The molecule has 0 aromatic rings. The Kier molecular flexibility index (Phi) is 18.7. The SMILES string of the molecule is CCO.[Br][Au]([Br])[Br]. The monoisotopic (exact) mass is 480 g/mol. The fourth-order valence-corrected chi connectivity index (χ4v) is 0. The first-order chi connectivity index (χ1) is 3.15. The average molecular weight is 483 g/mol. The van der Waals surface area contributed by atoms with Crippen molar-refractivity contribution in [2.24, 2.45) is 0 Å². The third-order valence-corrected chi connectivity index (χ3v) is 0. The fraction of sp³-hybridized carbons (Fsp3) is 1.00. The normalized spacial score (nSPS) is 9.00. The molecule has 0 aliphatic rings. The Bertz CT molecular complexity index is 24.1. The molecule has 0 spiro atoms. The van der Waals surface area contributed by atoms with Crippen molar-refractivity contribution in [3.63, 3.8) is 0 Å². The van der Waals surface area contributed by atoms with Gasteiger partial charge in [0, 0.05) is 6.61 Å². The van der Waals surface area contributed by atoms with E-state index < -0.39 is 12.0 Å². The molecule has 0 fully saturated rings. The molecule has 0 atom stereocenters. The summed E-state index contributed by atoms with van der Waals surface area (Å²) >= 11 is 8.99. The van der Waals surface area contributed by atoms with E-state index in [1.165, 1.54) is 0 Å². The van der Waals surface area contributed by atoms with E-state index in [4.69, 9.17) is 5.11 Å². The summed E-state index contributed by atoms with van der Waals surface area (Å²) in [5.74, 6) is 0. The van der Waals surface area contributed by atoms with Gasteiger partial charge in [-0.3, -0.25) is 0 Å². The Morgan fingerprint density at radius 1 is 1.43 bits per heavy atom. The van der Waals surface area contributed by atoms with Crippen molar-refractivity contribution in [1.82, 2.24) is 0 Å². The van der Waals surface area contributed by atoms with Crippen LogP contribution in [-0.2, 0) is 12.0 Å². The van der Waals surface area contributed by atoms with E-state index in [9.17, 15) is 0 Å². The van der Waals surface area contributed by atoms with Crippen LogP contribution in [-0.4, -0.2) is 11.7 Å². The molecule has 52 valence electrons. The Labute approximate surface area is 68.9 Å². The average Bonchev–Trinajstić information content (AvgIpc) is 1.33. The number of hydrogen-bond acceptors (Lipinski definition) is 1. The van der Waals surface area contributed by atoms with Crippen LogP contribution in [0.4, 0.5) is 0 Å². The summed E-state index contributed by atoms with van der Waals surface area (Å²) in [4.78, 5) is 0. The van der Waals surface area contributed by atoms with Crippen molar-refractivity contribution >= 4 is 39.1 Å². The van der Waals surface area contributed by atoms with Gasteiger partial charge in [0.05, 0.1) is 0 Å². The Hall–Kier alpha value is 2.14. The number of aliphatic hydroxyl groups is 1. The summed E-state index contributed by atoms with van der Waals surface area (Å²) in [5, 5.41) is 7.57. The van der Waals surface area contributed by atoms with E-state index in [2.05, 4.69) is 39.1 Å². The second kappa shape index (κ2) is 11.0. The van der Waals surface area contributed by atoms with Crippen LogP contribution in [0.15, 0.2) is 0 Å². The molecule has 0 unspecified atom stereocenters. The van der Waals surface area contributed by atoms with Crippen molar-refractivity contribution in [2.75, 3.05) is 6.61 Å². The first kappa shape index (κ1) is 11.9. The predicted octanol–water partition coefficient (Wildman–Crippen LogP) is 2.53. The maximum absolute atomic E-state index is 7.57. The van der Waals surface area contributed by atoms with Crippen molar-refractivity contribution in [2.45, 2.75) is 6.92 Å². The molecule has 0 aromatic carbocycles. The van der Waals surface area contributed by atoms with Crippen molar-refractivity contribution in [3.8, 4) is 0 Å². The second-order valence-corrected chi connectivity index (χ2v) is 28.9. The molecule has 0 rings (SSSR count). The molecule has 0 heterocycles. The quantitative estimate of drug-likeness (QED) is 0.526. The van der Waals surface area contributed by atoms with Crippen LogP contribution in [0, 0.1) is 0 Å². The summed E-state index contributed by atoms with van der Waals surface area (Å²) in [5.41, 5.74) is 0. The molecule has 1 N–H and O–H groups in total. The van der Waals surface area contributed by atoms with Gasteiger partial charge in [-0.25, -0.2) is 0 Å². The fourth-order valence-electron chi connectivity index (χ4n) is 0. The van der Waals surface area contributed by atoms with Gasteiger partial charge >= 0.3 is 51.1 Å². The van der Waals surface area contributed by atoms with Crippen LogP contribution in [0.25, 0.3) is 0 Å². The number of rotatable bonds is 0. The summed E-state index contributed by atoms with van der Waals surface area (Å²) in [6, 6.07) is 0. The van der Waals surface area contributed by atoms with Gasteiger partial charge in [-0.2, -0.15) is 0 Å². The Morgan fingerprint density at radius 2 is 1.43 bits per heavy atom. The molecule has 0 saturated heterocycles. The first-order valence-corrected chi connectivity index (χ1v) is 15.6. The van der Waals surface area contributed by atoms with E-state index in [-0.39, 0.29) is 6.61 Å². The molecule has 0 amide bonds. The van der Waals surface area contributed by atoms with E-state index in [1.807, 2.05) is 0 Å². The van der Waals surface area contributed by atoms with Gasteiger partial charge in [0.15, 0.2) is 0 Å². The summed E-state index contributed by atoms with van der Waals surface area (Å²) in [6.45, 7) is 1.93. The molecule has 5 heteroatoms. The molecule has 0 aliphatic carbocycles. The van der Waals surface area contributed by atoms with E-state index in [0.717, 1.165) is 0 Å². The minimum atomic E-state index is -0.766. The van der Waals surface area contributed by atoms with Gasteiger partial charge in [0.25, 0.3) is 0 Å². The van der Waals surface area contributed by atoms with Gasteiger partial charge in [0.1, 0.15) is 0 Å². The second-order valence-electron chi connectivity index (χ2n) is 0.445. The molecular weight excluding hydrogens is 477 g/mol. The molecule has 0 aliphatic heterocycles. The van der Waals surface area contributed by atoms with Crippen LogP contribution in [0.3, 0.4) is 0 Å². The third-order valence-electron chi connectivity index (χ3n) is 0. The van der Waals surface area contributed by atoms with Crippen LogP contribution in [0.5, 0.6) is 0 Å². The van der Waals surface area contributed by atoms with Gasteiger partial charge in [-0.05, 0) is 6.92 Å². The zero-order valence-corrected chi connectivity index (χ0v) is 10.5. The van der Waals surface area contributed by atoms with Crippen LogP contribution < -0.4 is 0 Å². The predicted molar refractivity (Wildman–Crippen MR) is 39.5 cm³/mol. The van der Waals surface area contributed by atoms with E-state index in [0.29, 0.717) is 0 Å². The Balaban J connectivity index is 0. The van der Waals surface area contributed by atoms with Crippen LogP contribution >= 0.6 is 39.1 Å². The van der Waals surface area contributed by atoms with Crippen LogP contribution in [0.2, 0.25) is 0 Å². The molecule has 0 saturated carbocycles. The molecule has 0 radical (unpaired) electrons. The van der Waals surface area contributed by atoms with Crippen molar-refractivity contribution in [3.05, 3.63) is 0 Å². The zero-order chi connectivity index (χ0) is 6.28. The van der Waals surface area contributed by atoms with Gasteiger partial charge in [0.2, 0.25) is 0 Å². The summed E-state index contributed by atoms with van der Waals surface area (Å²) in [7, 11) is 0. The van der Waals surface area contributed by atoms with E-state index >= 15 is 0 Å². The van der Waals surface area contributed by atoms with Crippen molar-refractivity contribution in [1.29, 1.82) is 0 Å². The first-order valence-electron chi connectivity index (χ1n) is 1.37. The molecule has 1 nitrogen and oxygen atoms in total. The topological polar surface area (TPSA) is 20.2 Å². The molecule has 0 bridgehead atoms. The number of hydrogen-bond donors (Lipinski definition) is 1. The van der Waals surface area contributed by atoms with Gasteiger partial charge in [-0.1, -0.05) is 0 Å². The molecule has 7 heavy (non-hydrogen) atoms. The maximum atomic E-state index is 7.57. The standard InChI is InChI=1S/C2H6O.Au.3BrH/c1-2-3;;;;/h3H,2H2,1H3;;3*1H/q;+3;;;/p-3. The summed E-state index contributed by atoms with van der Waals surface area (Å²) in [6.07, 6.45) is 0. The number of aliphatic hydroxyl groups excluding tert-OH is 1. The Morgan fingerprint density at radius 3 is 1.43 bits per heavy atom.